The third-order valence-electron chi connectivity index (χ3n) is 2.75. The van der Waals surface area contributed by atoms with Crippen molar-refractivity contribution in [1.82, 2.24) is 10.6 Å². The first-order valence-corrected chi connectivity index (χ1v) is 7.66. The van der Waals surface area contributed by atoms with Crippen LogP contribution in [-0.2, 0) is 15.6 Å². The highest BCUT2D eigenvalue weighted by molar-refractivity contribution is 7.84. The van der Waals surface area contributed by atoms with Crippen LogP contribution >= 0.6 is 0 Å². The monoisotopic (exact) mass is 246 g/mol. The highest BCUT2D eigenvalue weighted by Gasteiger charge is 2.20. The normalized spacial score (nSPS) is 25.5. The molecule has 1 aliphatic heterocycles. The summed E-state index contributed by atoms with van der Waals surface area (Å²) in [6.45, 7) is 2.82. The first-order valence-electron chi connectivity index (χ1n) is 5.93. The molecule has 0 bridgehead atoms. The third-order valence-corrected chi connectivity index (χ3v) is 3.72. The standard InChI is InChI=1S/C11H22N2O2S/c1-9(8-16(2)15)13-11(14)10-6-4-3-5-7-12-10/h9-10,12H,3-8H2,1-2H3,(H,13,14). The van der Waals surface area contributed by atoms with E-state index in [1.807, 2.05) is 6.92 Å². The van der Waals surface area contributed by atoms with Crippen LogP contribution in [-0.4, -0.2) is 40.8 Å². The first kappa shape index (κ1) is 13.6. The molecular weight excluding hydrogens is 224 g/mol. The van der Waals surface area contributed by atoms with Crippen molar-refractivity contribution >= 4 is 16.7 Å². The molecular formula is C11H22N2O2S. The number of hydrogen-bond donors (Lipinski definition) is 2. The van der Waals surface area contributed by atoms with E-state index in [4.69, 9.17) is 0 Å². The second-order valence-corrected chi connectivity index (χ2v) is 5.99. The topological polar surface area (TPSA) is 58.2 Å². The van der Waals surface area contributed by atoms with Crippen molar-refractivity contribution in [2.45, 2.75) is 44.7 Å². The van der Waals surface area contributed by atoms with Crippen LogP contribution in [0.3, 0.4) is 0 Å². The van der Waals surface area contributed by atoms with Crippen LogP contribution in [0.5, 0.6) is 0 Å². The van der Waals surface area contributed by atoms with Crippen molar-refractivity contribution in [2.24, 2.45) is 0 Å². The predicted octanol–water partition coefficient (Wildman–Crippen LogP) is 0.402. The molecule has 3 atom stereocenters. The maximum Gasteiger partial charge on any atom is 0.237 e. The number of nitrogens with one attached hydrogen (secondary N) is 2. The lowest BCUT2D eigenvalue weighted by molar-refractivity contribution is -0.123. The van der Waals surface area contributed by atoms with Gasteiger partial charge < -0.3 is 10.6 Å². The van der Waals surface area contributed by atoms with Gasteiger partial charge in [0.15, 0.2) is 0 Å². The van der Waals surface area contributed by atoms with Crippen molar-refractivity contribution in [3.05, 3.63) is 0 Å². The van der Waals surface area contributed by atoms with E-state index in [0.717, 1.165) is 25.8 Å². The highest BCUT2D eigenvalue weighted by atomic mass is 32.2. The Morgan fingerprint density at radius 3 is 2.94 bits per heavy atom. The average molecular weight is 246 g/mol. The summed E-state index contributed by atoms with van der Waals surface area (Å²) >= 11 is 0. The van der Waals surface area contributed by atoms with Gasteiger partial charge in [0, 0.05) is 28.9 Å². The van der Waals surface area contributed by atoms with Gasteiger partial charge in [0.05, 0.1) is 6.04 Å². The minimum Gasteiger partial charge on any atom is -0.351 e. The lowest BCUT2D eigenvalue weighted by Crippen LogP contribution is -2.47. The zero-order chi connectivity index (χ0) is 12.0. The van der Waals surface area contributed by atoms with Crippen LogP contribution in [0.4, 0.5) is 0 Å². The number of hydrogen-bond acceptors (Lipinski definition) is 3. The Bertz CT molecular complexity index is 250. The quantitative estimate of drug-likeness (QED) is 0.755. The molecule has 1 amide bonds. The lowest BCUT2D eigenvalue weighted by Gasteiger charge is -2.19. The molecule has 0 aromatic rings. The molecule has 0 radical (unpaired) electrons. The molecule has 0 saturated carbocycles. The van der Waals surface area contributed by atoms with E-state index >= 15 is 0 Å². The fourth-order valence-electron chi connectivity index (χ4n) is 1.99. The van der Waals surface area contributed by atoms with Crippen molar-refractivity contribution < 1.29 is 9.00 Å². The van der Waals surface area contributed by atoms with Gasteiger partial charge in [-0.1, -0.05) is 12.8 Å². The van der Waals surface area contributed by atoms with Crippen LogP contribution in [0.1, 0.15) is 32.6 Å². The summed E-state index contributed by atoms with van der Waals surface area (Å²) in [6, 6.07) is -0.0707. The molecule has 5 heteroatoms. The van der Waals surface area contributed by atoms with E-state index in [9.17, 15) is 9.00 Å². The molecule has 94 valence electrons. The Labute approximate surface area is 100 Å². The predicted molar refractivity (Wildman–Crippen MR) is 66.8 cm³/mol. The van der Waals surface area contributed by atoms with Gasteiger partial charge in [-0.2, -0.15) is 0 Å². The van der Waals surface area contributed by atoms with Crippen LogP contribution in [0.15, 0.2) is 0 Å². The molecule has 0 aromatic heterocycles. The van der Waals surface area contributed by atoms with Gasteiger partial charge in [-0.3, -0.25) is 9.00 Å². The van der Waals surface area contributed by atoms with Crippen molar-refractivity contribution in [1.29, 1.82) is 0 Å². The van der Waals surface area contributed by atoms with Crippen molar-refractivity contribution in [2.75, 3.05) is 18.6 Å². The maximum atomic E-state index is 11.9. The molecule has 1 fully saturated rings. The largest absolute Gasteiger partial charge is 0.351 e. The Hall–Kier alpha value is -0.420. The molecule has 16 heavy (non-hydrogen) atoms. The van der Waals surface area contributed by atoms with Crippen LogP contribution in [0.25, 0.3) is 0 Å². The maximum absolute atomic E-state index is 11.9. The van der Waals surface area contributed by atoms with Gasteiger partial charge in [0.1, 0.15) is 0 Å². The molecule has 0 spiro atoms. The zero-order valence-electron chi connectivity index (χ0n) is 10.1. The van der Waals surface area contributed by atoms with E-state index in [1.165, 1.54) is 6.42 Å². The average Bonchev–Trinajstić information content (AvgIpc) is 2.43. The first-order chi connectivity index (χ1) is 7.59. The van der Waals surface area contributed by atoms with E-state index in [1.54, 1.807) is 6.26 Å². The Morgan fingerprint density at radius 2 is 2.25 bits per heavy atom. The molecule has 4 nitrogen and oxygen atoms in total. The van der Waals surface area contributed by atoms with Gasteiger partial charge in [0.25, 0.3) is 0 Å². The number of amides is 1. The SMILES string of the molecule is CC(CS(C)=O)NC(=O)C1CCCCCN1. The molecule has 1 heterocycles. The third kappa shape index (κ3) is 5.07. The van der Waals surface area contributed by atoms with E-state index in [0.29, 0.717) is 5.75 Å². The van der Waals surface area contributed by atoms with Gasteiger partial charge in [-0.15, -0.1) is 0 Å². The minimum atomic E-state index is -0.856. The number of rotatable bonds is 4. The van der Waals surface area contributed by atoms with Crippen molar-refractivity contribution in [3.63, 3.8) is 0 Å². The van der Waals surface area contributed by atoms with E-state index in [-0.39, 0.29) is 18.0 Å². The lowest BCUT2D eigenvalue weighted by atomic mass is 10.1. The summed E-state index contributed by atoms with van der Waals surface area (Å²) in [5.74, 6) is 0.582. The van der Waals surface area contributed by atoms with Gasteiger partial charge in [-0.05, 0) is 26.3 Å². The molecule has 1 saturated heterocycles. The second kappa shape index (κ2) is 7.01. The van der Waals surface area contributed by atoms with Crippen LogP contribution in [0.2, 0.25) is 0 Å². The molecule has 0 aliphatic carbocycles. The van der Waals surface area contributed by atoms with E-state index in [2.05, 4.69) is 10.6 Å². The summed E-state index contributed by atoms with van der Waals surface area (Å²) in [7, 11) is -0.856. The van der Waals surface area contributed by atoms with Gasteiger partial charge >= 0.3 is 0 Å². The fourth-order valence-corrected chi connectivity index (χ4v) is 2.78. The summed E-state index contributed by atoms with van der Waals surface area (Å²) in [5, 5.41) is 6.17. The summed E-state index contributed by atoms with van der Waals surface area (Å²) in [6.07, 6.45) is 6.03. The highest BCUT2D eigenvalue weighted by Crippen LogP contribution is 2.08. The van der Waals surface area contributed by atoms with E-state index < -0.39 is 10.8 Å². The molecule has 3 unspecified atom stereocenters. The van der Waals surface area contributed by atoms with Gasteiger partial charge in [-0.25, -0.2) is 0 Å². The summed E-state index contributed by atoms with van der Waals surface area (Å²) in [4.78, 5) is 11.9. The van der Waals surface area contributed by atoms with Crippen molar-refractivity contribution in [3.8, 4) is 0 Å². The Balaban J connectivity index is 2.34. The molecule has 1 rings (SSSR count). The number of carbonyl (C=O) groups excluding carboxylic acids is 1. The minimum absolute atomic E-state index is 0.0108. The zero-order valence-corrected chi connectivity index (χ0v) is 10.9. The molecule has 1 aliphatic rings. The second-order valence-electron chi connectivity index (χ2n) is 4.51. The smallest absolute Gasteiger partial charge is 0.237 e. The molecule has 0 aromatic carbocycles. The Kier molecular flexibility index (Phi) is 5.98. The van der Waals surface area contributed by atoms with Crippen LogP contribution < -0.4 is 10.6 Å². The summed E-state index contributed by atoms with van der Waals surface area (Å²) in [5.41, 5.74) is 0. The van der Waals surface area contributed by atoms with Crippen LogP contribution in [0, 0.1) is 0 Å². The Morgan fingerprint density at radius 1 is 1.50 bits per heavy atom. The fraction of sp³-hybridized carbons (Fsp3) is 0.909. The summed E-state index contributed by atoms with van der Waals surface area (Å²) < 4.78 is 11.0. The molecule has 2 N–H and O–H groups in total. The number of carbonyl (C=O) groups is 1. The van der Waals surface area contributed by atoms with Gasteiger partial charge in [0.2, 0.25) is 5.91 Å².